The highest BCUT2D eigenvalue weighted by atomic mass is 35.5. The van der Waals surface area contributed by atoms with Crippen molar-refractivity contribution in [1.29, 1.82) is 0 Å². The van der Waals surface area contributed by atoms with E-state index in [9.17, 15) is 5.11 Å². The maximum Gasteiger partial charge on any atom is 0.125 e. The van der Waals surface area contributed by atoms with Gasteiger partial charge in [-0.2, -0.15) is 0 Å². The summed E-state index contributed by atoms with van der Waals surface area (Å²) in [4.78, 5) is 0. The smallest absolute Gasteiger partial charge is 0.125 e. The van der Waals surface area contributed by atoms with Gasteiger partial charge in [0.1, 0.15) is 5.75 Å². The Bertz CT molecular complexity index is 431. The molecule has 1 aromatic carbocycles. The molecule has 3 nitrogen and oxygen atoms in total. The lowest BCUT2D eigenvalue weighted by atomic mass is 9.86. The van der Waals surface area contributed by atoms with Crippen LogP contribution in [0, 0.1) is 19.8 Å². The molecule has 108 valence electrons. The van der Waals surface area contributed by atoms with Gasteiger partial charge in [-0.3, -0.25) is 0 Å². The number of benzene rings is 1. The highest BCUT2D eigenvalue weighted by Gasteiger charge is 2.21. The summed E-state index contributed by atoms with van der Waals surface area (Å²) in [6.07, 6.45) is 0.823. The molecule has 4 heteroatoms. The van der Waals surface area contributed by atoms with E-state index in [-0.39, 0.29) is 18.4 Å². The number of nitrogens with two attached hydrogens (primary N) is 1. The first-order valence-corrected chi connectivity index (χ1v) is 6.98. The second kappa shape index (κ2) is 7.13. The van der Waals surface area contributed by atoms with E-state index in [0.29, 0.717) is 6.54 Å². The average molecular weight is 286 g/mol. The molecule has 19 heavy (non-hydrogen) atoms. The van der Waals surface area contributed by atoms with E-state index in [1.54, 1.807) is 7.11 Å². The largest absolute Gasteiger partial charge is 0.496 e. The molecule has 0 amide bonds. The minimum absolute atomic E-state index is 0.110. The van der Waals surface area contributed by atoms with Crippen LogP contribution >= 0.6 is 11.6 Å². The quantitative estimate of drug-likeness (QED) is 0.845. The molecular weight excluding hydrogens is 262 g/mol. The second-order valence-corrected chi connectivity index (χ2v) is 5.58. The molecule has 2 atom stereocenters. The molecule has 0 saturated heterocycles. The van der Waals surface area contributed by atoms with Gasteiger partial charge in [-0.25, -0.2) is 0 Å². The number of hydrogen-bond acceptors (Lipinski definition) is 3. The molecule has 3 N–H and O–H groups in total. The summed E-state index contributed by atoms with van der Waals surface area (Å²) in [7, 11) is 1.68. The number of halogens is 1. The minimum Gasteiger partial charge on any atom is -0.496 e. The predicted octanol–water partition coefficient (Wildman–Crippen LogP) is 3.03. The number of hydrogen-bond donors (Lipinski definition) is 2. The van der Waals surface area contributed by atoms with Crippen molar-refractivity contribution in [3.05, 3.63) is 27.8 Å². The Balaban J connectivity index is 3.17. The lowest BCUT2D eigenvalue weighted by Crippen LogP contribution is -2.20. The first-order valence-electron chi connectivity index (χ1n) is 6.60. The zero-order valence-electron chi connectivity index (χ0n) is 12.2. The molecule has 0 saturated carbocycles. The summed E-state index contributed by atoms with van der Waals surface area (Å²) >= 11 is 6.27. The predicted molar refractivity (Wildman–Crippen MR) is 80.1 cm³/mol. The molecule has 0 aliphatic heterocycles. The lowest BCUT2D eigenvalue weighted by molar-refractivity contribution is 0.216. The van der Waals surface area contributed by atoms with Gasteiger partial charge in [-0.05, 0) is 55.8 Å². The summed E-state index contributed by atoms with van der Waals surface area (Å²) in [6, 6.07) is 1.93. The van der Waals surface area contributed by atoms with Gasteiger partial charge in [-0.1, -0.05) is 18.5 Å². The second-order valence-electron chi connectivity index (χ2n) is 5.17. The molecule has 0 radical (unpaired) electrons. The molecule has 0 bridgehead atoms. The van der Waals surface area contributed by atoms with Crippen LogP contribution < -0.4 is 10.5 Å². The van der Waals surface area contributed by atoms with Gasteiger partial charge in [0.05, 0.1) is 7.11 Å². The number of aliphatic hydroxyl groups excluding tert-OH is 1. The molecule has 0 heterocycles. The lowest BCUT2D eigenvalue weighted by Gasteiger charge is -2.23. The Hall–Kier alpha value is -0.770. The van der Waals surface area contributed by atoms with Crippen molar-refractivity contribution < 1.29 is 9.84 Å². The van der Waals surface area contributed by atoms with E-state index in [1.165, 1.54) is 0 Å². The molecule has 0 aromatic heterocycles. The van der Waals surface area contributed by atoms with Gasteiger partial charge in [-0.15, -0.1) is 0 Å². The van der Waals surface area contributed by atoms with Crippen molar-refractivity contribution in [3.8, 4) is 5.75 Å². The van der Waals surface area contributed by atoms with Crippen LogP contribution in [0.15, 0.2) is 6.07 Å². The minimum atomic E-state index is 0.110. The molecule has 0 fully saturated rings. The Labute approximate surface area is 120 Å². The SMILES string of the molecule is COc1c(C)cc(Cl)c(C)c1C(C)CC(CN)CO. The third-order valence-electron chi connectivity index (χ3n) is 3.68. The number of methoxy groups -OCH3 is 1. The Kier molecular flexibility index (Phi) is 6.11. The summed E-state index contributed by atoms with van der Waals surface area (Å²) < 4.78 is 5.53. The third-order valence-corrected chi connectivity index (χ3v) is 4.08. The molecule has 1 aromatic rings. The van der Waals surface area contributed by atoms with Gasteiger partial charge < -0.3 is 15.6 Å². The Morgan fingerprint density at radius 2 is 2.05 bits per heavy atom. The van der Waals surface area contributed by atoms with Crippen molar-refractivity contribution >= 4 is 11.6 Å². The number of rotatable bonds is 6. The maximum absolute atomic E-state index is 9.29. The van der Waals surface area contributed by atoms with Crippen LogP contribution in [0.3, 0.4) is 0 Å². The fourth-order valence-electron chi connectivity index (χ4n) is 2.60. The van der Waals surface area contributed by atoms with Crippen LogP contribution in [-0.4, -0.2) is 25.4 Å². The molecule has 0 spiro atoms. The van der Waals surface area contributed by atoms with Gasteiger partial charge in [0, 0.05) is 17.2 Å². The fraction of sp³-hybridized carbons (Fsp3) is 0.600. The maximum atomic E-state index is 9.29. The Morgan fingerprint density at radius 1 is 1.42 bits per heavy atom. The van der Waals surface area contributed by atoms with E-state index in [2.05, 4.69) is 6.92 Å². The van der Waals surface area contributed by atoms with Crippen LogP contribution in [-0.2, 0) is 0 Å². The summed E-state index contributed by atoms with van der Waals surface area (Å²) in [5, 5.41) is 10.0. The van der Waals surface area contributed by atoms with Crippen molar-refractivity contribution in [3.63, 3.8) is 0 Å². The van der Waals surface area contributed by atoms with Crippen molar-refractivity contribution in [1.82, 2.24) is 0 Å². The topological polar surface area (TPSA) is 55.5 Å². The summed E-state index contributed by atoms with van der Waals surface area (Å²) in [5.74, 6) is 1.24. The van der Waals surface area contributed by atoms with Crippen LogP contribution in [0.5, 0.6) is 5.75 Å². The van der Waals surface area contributed by atoms with Crippen molar-refractivity contribution in [2.24, 2.45) is 11.7 Å². The van der Waals surface area contributed by atoms with E-state index >= 15 is 0 Å². The molecule has 0 aliphatic carbocycles. The monoisotopic (exact) mass is 285 g/mol. The van der Waals surface area contributed by atoms with Crippen molar-refractivity contribution in [2.45, 2.75) is 33.1 Å². The third kappa shape index (κ3) is 3.62. The van der Waals surface area contributed by atoms with E-state index in [1.807, 2.05) is 19.9 Å². The van der Waals surface area contributed by atoms with E-state index in [0.717, 1.165) is 33.9 Å². The van der Waals surface area contributed by atoms with Crippen molar-refractivity contribution in [2.75, 3.05) is 20.3 Å². The molecule has 0 aliphatic rings. The first kappa shape index (κ1) is 16.3. The average Bonchev–Trinajstić information content (AvgIpc) is 2.39. The summed E-state index contributed by atoms with van der Waals surface area (Å²) in [5.41, 5.74) is 8.87. The number of ether oxygens (including phenoxy) is 1. The van der Waals surface area contributed by atoms with Crippen LogP contribution in [0.1, 0.15) is 36.0 Å². The van der Waals surface area contributed by atoms with Crippen LogP contribution in [0.4, 0.5) is 0 Å². The number of aryl methyl sites for hydroxylation is 1. The summed E-state index contributed by atoms with van der Waals surface area (Å²) in [6.45, 7) is 6.72. The van der Waals surface area contributed by atoms with Gasteiger partial charge >= 0.3 is 0 Å². The first-order chi connectivity index (χ1) is 8.96. The molecular formula is C15H24ClNO2. The van der Waals surface area contributed by atoms with E-state index < -0.39 is 0 Å². The van der Waals surface area contributed by atoms with Crippen LogP contribution in [0.2, 0.25) is 5.02 Å². The van der Waals surface area contributed by atoms with Gasteiger partial charge in [0.25, 0.3) is 0 Å². The normalized spacial score (nSPS) is 14.3. The standard InChI is InChI=1S/C15H24ClNO2/c1-9(5-12(7-17)8-18)14-11(3)13(16)6-10(2)15(14)19-4/h6,9,12,18H,5,7-8,17H2,1-4H3. The molecule has 2 unspecified atom stereocenters. The van der Waals surface area contributed by atoms with Crippen LogP contribution in [0.25, 0.3) is 0 Å². The fourth-order valence-corrected chi connectivity index (χ4v) is 2.87. The number of aliphatic hydroxyl groups is 1. The Morgan fingerprint density at radius 3 is 2.53 bits per heavy atom. The van der Waals surface area contributed by atoms with Gasteiger partial charge in [0.15, 0.2) is 0 Å². The van der Waals surface area contributed by atoms with E-state index in [4.69, 9.17) is 22.1 Å². The zero-order chi connectivity index (χ0) is 14.6. The highest BCUT2D eigenvalue weighted by Crippen LogP contribution is 2.39. The zero-order valence-corrected chi connectivity index (χ0v) is 12.9. The molecule has 1 rings (SSSR count). The van der Waals surface area contributed by atoms with Gasteiger partial charge in [0.2, 0.25) is 0 Å². The highest BCUT2D eigenvalue weighted by molar-refractivity contribution is 6.31.